The van der Waals surface area contributed by atoms with E-state index in [4.69, 9.17) is 9.15 Å². The number of tetrazole rings is 1. The zero-order valence-corrected chi connectivity index (χ0v) is 12.8. The lowest BCUT2D eigenvalue weighted by molar-refractivity contribution is -0.150. The van der Waals surface area contributed by atoms with Crippen molar-refractivity contribution in [1.82, 2.24) is 20.2 Å². The van der Waals surface area contributed by atoms with Crippen LogP contribution in [0.15, 0.2) is 34.1 Å². The van der Waals surface area contributed by atoms with E-state index < -0.39 is 17.6 Å². The highest BCUT2D eigenvalue weighted by Gasteiger charge is 2.37. The summed E-state index contributed by atoms with van der Waals surface area (Å²) >= 11 is 0. The standard InChI is InChI=1S/C14H17N5O3/c1-8-10(12(20)22-14(2,3)4)11(9-6-5-7-21-9)19-13(15-8)16-17-18-19/h5-7,11H,1-4H3,(H,15,16,18). The SMILES string of the molecule is CC1=C(C(=O)OC(C)(C)C)C(c2ccco2)n2nnnc2N1. The highest BCUT2D eigenvalue weighted by Crippen LogP contribution is 2.35. The molecule has 1 N–H and O–H groups in total. The molecule has 0 aromatic carbocycles. The van der Waals surface area contributed by atoms with Crippen LogP contribution < -0.4 is 5.32 Å². The molecular weight excluding hydrogens is 286 g/mol. The first kappa shape index (κ1) is 14.3. The van der Waals surface area contributed by atoms with Crippen molar-refractivity contribution in [2.24, 2.45) is 0 Å². The third-order valence-corrected chi connectivity index (χ3v) is 3.15. The maximum absolute atomic E-state index is 12.6. The number of carbonyl (C=O) groups is 1. The minimum Gasteiger partial charge on any atom is -0.467 e. The number of hydrogen-bond acceptors (Lipinski definition) is 7. The Morgan fingerprint density at radius 1 is 1.45 bits per heavy atom. The number of anilines is 1. The van der Waals surface area contributed by atoms with Crippen molar-refractivity contribution in [3.05, 3.63) is 35.4 Å². The van der Waals surface area contributed by atoms with Crippen molar-refractivity contribution in [2.45, 2.75) is 39.3 Å². The Kier molecular flexibility index (Phi) is 3.23. The van der Waals surface area contributed by atoms with E-state index in [1.54, 1.807) is 25.3 Å². The van der Waals surface area contributed by atoms with Crippen LogP contribution in [0.25, 0.3) is 0 Å². The Hall–Kier alpha value is -2.64. The number of nitrogens with one attached hydrogen (secondary N) is 1. The van der Waals surface area contributed by atoms with Crippen LogP contribution >= 0.6 is 0 Å². The minimum atomic E-state index is -0.598. The molecule has 0 saturated heterocycles. The molecule has 1 aliphatic rings. The summed E-state index contributed by atoms with van der Waals surface area (Å²) in [5, 5.41) is 14.5. The van der Waals surface area contributed by atoms with Gasteiger partial charge in [0.05, 0.1) is 11.8 Å². The van der Waals surface area contributed by atoms with Crippen molar-refractivity contribution in [3.8, 4) is 0 Å². The number of hydrogen-bond donors (Lipinski definition) is 1. The van der Waals surface area contributed by atoms with Gasteiger partial charge in [0.2, 0.25) is 5.95 Å². The fourth-order valence-corrected chi connectivity index (χ4v) is 2.32. The maximum atomic E-state index is 12.6. The van der Waals surface area contributed by atoms with Gasteiger partial charge >= 0.3 is 5.97 Å². The molecule has 22 heavy (non-hydrogen) atoms. The van der Waals surface area contributed by atoms with E-state index in [2.05, 4.69) is 20.8 Å². The molecule has 1 aliphatic heterocycles. The van der Waals surface area contributed by atoms with Gasteiger partial charge in [-0.25, -0.2) is 4.79 Å². The minimum absolute atomic E-state index is 0.421. The Bertz CT molecular complexity index is 724. The Labute approximate surface area is 127 Å². The van der Waals surface area contributed by atoms with Gasteiger partial charge in [-0.1, -0.05) is 5.10 Å². The molecule has 0 radical (unpaired) electrons. The van der Waals surface area contributed by atoms with Crippen LogP contribution in [0.3, 0.4) is 0 Å². The first-order valence-corrected chi connectivity index (χ1v) is 6.89. The zero-order chi connectivity index (χ0) is 15.9. The van der Waals surface area contributed by atoms with Crippen molar-refractivity contribution >= 4 is 11.9 Å². The summed E-state index contributed by atoms with van der Waals surface area (Å²) in [6, 6.07) is 2.97. The van der Waals surface area contributed by atoms with Crippen molar-refractivity contribution < 1.29 is 13.9 Å². The van der Waals surface area contributed by atoms with Crippen molar-refractivity contribution in [3.63, 3.8) is 0 Å². The molecule has 3 heterocycles. The van der Waals surface area contributed by atoms with E-state index in [9.17, 15) is 4.79 Å². The summed E-state index contributed by atoms with van der Waals surface area (Å²) < 4.78 is 12.5. The molecule has 1 atom stereocenters. The third kappa shape index (κ3) is 2.47. The zero-order valence-electron chi connectivity index (χ0n) is 12.8. The molecule has 0 bridgehead atoms. The van der Waals surface area contributed by atoms with Crippen LogP contribution in [-0.2, 0) is 9.53 Å². The highest BCUT2D eigenvalue weighted by molar-refractivity contribution is 5.92. The molecule has 0 saturated carbocycles. The van der Waals surface area contributed by atoms with Crippen LogP contribution in [0, 0.1) is 0 Å². The number of rotatable bonds is 2. The van der Waals surface area contributed by atoms with E-state index in [1.807, 2.05) is 20.8 Å². The van der Waals surface area contributed by atoms with Crippen molar-refractivity contribution in [1.29, 1.82) is 0 Å². The molecular formula is C14H17N5O3. The summed E-state index contributed by atoms with van der Waals surface area (Å²) in [5.41, 5.74) is 0.460. The maximum Gasteiger partial charge on any atom is 0.338 e. The number of esters is 1. The van der Waals surface area contributed by atoms with Crippen LogP contribution in [0.2, 0.25) is 0 Å². The largest absolute Gasteiger partial charge is 0.467 e. The van der Waals surface area contributed by atoms with Gasteiger partial charge in [0.15, 0.2) is 0 Å². The smallest absolute Gasteiger partial charge is 0.338 e. The fraction of sp³-hybridized carbons (Fsp3) is 0.429. The number of fused-ring (bicyclic) bond motifs is 1. The average molecular weight is 303 g/mol. The lowest BCUT2D eigenvalue weighted by atomic mass is 10.0. The molecule has 2 aromatic heterocycles. The third-order valence-electron chi connectivity index (χ3n) is 3.15. The number of furan rings is 1. The molecule has 116 valence electrons. The number of nitrogens with zero attached hydrogens (tertiary/aromatic N) is 4. The Balaban J connectivity index is 2.07. The van der Waals surface area contributed by atoms with Gasteiger partial charge in [0.1, 0.15) is 17.4 Å². The van der Waals surface area contributed by atoms with Gasteiger partial charge in [0, 0.05) is 5.70 Å². The summed E-state index contributed by atoms with van der Waals surface area (Å²) in [5.74, 6) is 0.585. The predicted molar refractivity (Wildman–Crippen MR) is 76.8 cm³/mol. The number of ether oxygens (including phenoxy) is 1. The summed E-state index contributed by atoms with van der Waals surface area (Å²) in [4.78, 5) is 12.6. The summed E-state index contributed by atoms with van der Waals surface area (Å²) in [7, 11) is 0. The topological polar surface area (TPSA) is 95.1 Å². The lowest BCUT2D eigenvalue weighted by Gasteiger charge is -2.28. The van der Waals surface area contributed by atoms with Crippen LogP contribution in [0.5, 0.6) is 0 Å². The highest BCUT2D eigenvalue weighted by atomic mass is 16.6. The van der Waals surface area contributed by atoms with E-state index >= 15 is 0 Å². The van der Waals surface area contributed by atoms with Gasteiger partial charge in [-0.15, -0.1) is 0 Å². The lowest BCUT2D eigenvalue weighted by Crippen LogP contribution is -2.33. The summed E-state index contributed by atoms with van der Waals surface area (Å²) in [6.45, 7) is 7.25. The quantitative estimate of drug-likeness (QED) is 0.846. The number of allylic oxidation sites excluding steroid dienone is 1. The van der Waals surface area contributed by atoms with Crippen LogP contribution in [0.1, 0.15) is 39.5 Å². The van der Waals surface area contributed by atoms with Gasteiger partial charge in [-0.3, -0.25) is 0 Å². The first-order chi connectivity index (χ1) is 10.4. The molecule has 3 rings (SSSR count). The molecule has 0 spiro atoms. The van der Waals surface area contributed by atoms with E-state index in [0.29, 0.717) is 23.0 Å². The van der Waals surface area contributed by atoms with Gasteiger partial charge < -0.3 is 14.5 Å². The monoisotopic (exact) mass is 303 g/mol. The molecule has 8 heteroatoms. The predicted octanol–water partition coefficient (Wildman–Crippen LogP) is 1.90. The number of aromatic nitrogens is 4. The van der Waals surface area contributed by atoms with E-state index in [0.717, 1.165) is 0 Å². The van der Waals surface area contributed by atoms with E-state index in [-0.39, 0.29) is 0 Å². The molecule has 2 aromatic rings. The molecule has 0 aliphatic carbocycles. The van der Waals surface area contributed by atoms with Crippen LogP contribution in [-0.4, -0.2) is 31.8 Å². The second kappa shape index (κ2) is 4.97. The Morgan fingerprint density at radius 3 is 2.86 bits per heavy atom. The van der Waals surface area contributed by atoms with Gasteiger partial charge in [-0.05, 0) is 50.3 Å². The second-order valence-electron chi connectivity index (χ2n) is 6.03. The Morgan fingerprint density at radius 2 is 2.23 bits per heavy atom. The van der Waals surface area contributed by atoms with Crippen molar-refractivity contribution in [2.75, 3.05) is 5.32 Å². The fourth-order valence-electron chi connectivity index (χ4n) is 2.32. The van der Waals surface area contributed by atoms with Gasteiger partial charge in [-0.2, -0.15) is 4.68 Å². The first-order valence-electron chi connectivity index (χ1n) is 6.89. The molecule has 0 fully saturated rings. The van der Waals surface area contributed by atoms with Crippen LogP contribution in [0.4, 0.5) is 5.95 Å². The molecule has 1 unspecified atom stereocenters. The number of carbonyl (C=O) groups excluding carboxylic acids is 1. The van der Waals surface area contributed by atoms with Gasteiger partial charge in [0.25, 0.3) is 0 Å². The van der Waals surface area contributed by atoms with E-state index in [1.165, 1.54) is 4.68 Å². The summed E-state index contributed by atoms with van der Waals surface area (Å²) in [6.07, 6.45) is 1.55. The average Bonchev–Trinajstić information content (AvgIpc) is 3.05. The normalized spacial score (nSPS) is 17.9. The molecule has 0 amide bonds. The molecule has 8 nitrogen and oxygen atoms in total. The second-order valence-corrected chi connectivity index (χ2v) is 6.03.